The molecule has 4 heteroatoms. The maximum Gasteiger partial charge on any atom is 0.161 e. The van der Waals surface area contributed by atoms with Crippen LogP contribution in [0.1, 0.15) is 23.1 Å². The van der Waals surface area contributed by atoms with Crippen molar-refractivity contribution in [1.82, 2.24) is 9.97 Å². The summed E-state index contributed by atoms with van der Waals surface area (Å²) in [5, 5.41) is 3.14. The van der Waals surface area contributed by atoms with E-state index in [9.17, 15) is 4.79 Å². The second kappa shape index (κ2) is 4.74. The summed E-state index contributed by atoms with van der Waals surface area (Å²) in [6.07, 6.45) is 3.39. The third-order valence-electron chi connectivity index (χ3n) is 2.37. The lowest BCUT2D eigenvalue weighted by Gasteiger charge is -2.09. The van der Waals surface area contributed by atoms with Crippen molar-refractivity contribution < 1.29 is 4.79 Å². The van der Waals surface area contributed by atoms with Gasteiger partial charge in [0.15, 0.2) is 5.78 Å². The van der Waals surface area contributed by atoms with E-state index in [0.29, 0.717) is 5.56 Å². The number of Topliss-reactive ketones (excluding diaryl/α,β-unsaturated/α-hetero) is 1. The van der Waals surface area contributed by atoms with Crippen LogP contribution < -0.4 is 5.32 Å². The van der Waals surface area contributed by atoms with Crippen LogP contribution in [0.5, 0.6) is 0 Å². The van der Waals surface area contributed by atoms with E-state index < -0.39 is 0 Å². The van der Waals surface area contributed by atoms with E-state index in [1.807, 2.05) is 25.1 Å². The van der Waals surface area contributed by atoms with Gasteiger partial charge in [0.2, 0.25) is 0 Å². The van der Waals surface area contributed by atoms with Crippen molar-refractivity contribution >= 4 is 17.2 Å². The molecule has 0 amide bonds. The summed E-state index contributed by atoms with van der Waals surface area (Å²) in [5.41, 5.74) is 2.20. The molecular weight excluding hydrogens is 214 g/mol. The van der Waals surface area contributed by atoms with Crippen molar-refractivity contribution in [2.24, 2.45) is 0 Å². The van der Waals surface area contributed by atoms with Gasteiger partial charge in [0.25, 0.3) is 0 Å². The van der Waals surface area contributed by atoms with Crippen LogP contribution in [0.4, 0.5) is 11.4 Å². The lowest BCUT2D eigenvalue weighted by molar-refractivity contribution is 0.101. The number of aromatic nitrogens is 2. The average molecular weight is 227 g/mol. The molecule has 17 heavy (non-hydrogen) atoms. The zero-order valence-electron chi connectivity index (χ0n) is 9.77. The second-order valence-corrected chi connectivity index (χ2v) is 3.75. The number of benzene rings is 1. The first-order valence-electron chi connectivity index (χ1n) is 5.32. The number of anilines is 2. The van der Waals surface area contributed by atoms with Crippen molar-refractivity contribution in [3.8, 4) is 0 Å². The van der Waals surface area contributed by atoms with Gasteiger partial charge < -0.3 is 5.32 Å². The number of hydrogen-bond donors (Lipinski definition) is 1. The molecule has 86 valence electrons. The summed E-state index contributed by atoms with van der Waals surface area (Å²) in [4.78, 5) is 19.6. The largest absolute Gasteiger partial charge is 0.352 e. The average Bonchev–Trinajstić information content (AvgIpc) is 2.32. The number of hydrogen-bond acceptors (Lipinski definition) is 4. The summed E-state index contributed by atoms with van der Waals surface area (Å²) >= 11 is 0. The Balaban J connectivity index is 2.30. The van der Waals surface area contributed by atoms with Crippen molar-refractivity contribution in [2.45, 2.75) is 13.8 Å². The normalized spacial score (nSPS) is 10.0. The number of carbonyl (C=O) groups excluding carboxylic acids is 1. The first kappa shape index (κ1) is 11.3. The fourth-order valence-electron chi connectivity index (χ4n) is 1.51. The molecule has 0 fully saturated rings. The third kappa shape index (κ3) is 2.66. The highest BCUT2D eigenvalue weighted by molar-refractivity contribution is 6.00. The van der Waals surface area contributed by atoms with Crippen molar-refractivity contribution in [3.05, 3.63) is 48.0 Å². The predicted molar refractivity (Wildman–Crippen MR) is 66.5 cm³/mol. The Morgan fingerprint density at radius 3 is 2.47 bits per heavy atom. The van der Waals surface area contributed by atoms with Crippen molar-refractivity contribution in [2.75, 3.05) is 5.32 Å². The molecule has 1 heterocycles. The topological polar surface area (TPSA) is 54.9 Å². The number of nitrogens with zero attached hydrogens (tertiary/aromatic N) is 2. The zero-order valence-corrected chi connectivity index (χ0v) is 9.77. The van der Waals surface area contributed by atoms with E-state index in [0.717, 1.165) is 17.2 Å². The first-order valence-corrected chi connectivity index (χ1v) is 5.32. The fourth-order valence-corrected chi connectivity index (χ4v) is 1.51. The van der Waals surface area contributed by atoms with Crippen LogP contribution in [0.15, 0.2) is 36.7 Å². The second-order valence-electron chi connectivity index (χ2n) is 3.75. The van der Waals surface area contributed by atoms with Crippen LogP contribution >= 0.6 is 0 Å². The fraction of sp³-hybridized carbons (Fsp3) is 0.154. The molecule has 1 N–H and O–H groups in total. The number of rotatable bonds is 3. The molecule has 0 saturated heterocycles. The maximum absolute atomic E-state index is 11.4. The Kier molecular flexibility index (Phi) is 3.14. The molecule has 2 aromatic rings. The van der Waals surface area contributed by atoms with Gasteiger partial charge in [0.1, 0.15) is 5.82 Å². The Bertz CT molecular complexity index is 535. The van der Waals surface area contributed by atoms with Gasteiger partial charge in [-0.25, -0.2) is 9.97 Å². The first-order chi connectivity index (χ1) is 8.16. The monoisotopic (exact) mass is 227 g/mol. The van der Waals surface area contributed by atoms with Crippen molar-refractivity contribution in [1.29, 1.82) is 0 Å². The lowest BCUT2D eigenvalue weighted by Crippen LogP contribution is -2.01. The molecule has 0 radical (unpaired) electrons. The highest BCUT2D eigenvalue weighted by Gasteiger charge is 2.06. The lowest BCUT2D eigenvalue weighted by atomic mass is 10.1. The quantitative estimate of drug-likeness (QED) is 0.819. The van der Waals surface area contributed by atoms with E-state index in [2.05, 4.69) is 15.3 Å². The van der Waals surface area contributed by atoms with Crippen LogP contribution in [-0.2, 0) is 0 Å². The van der Waals surface area contributed by atoms with Gasteiger partial charge >= 0.3 is 0 Å². The van der Waals surface area contributed by atoms with Gasteiger partial charge in [0.05, 0.1) is 18.1 Å². The Morgan fingerprint density at radius 1 is 1.18 bits per heavy atom. The summed E-state index contributed by atoms with van der Waals surface area (Å²) < 4.78 is 0. The molecule has 0 aliphatic carbocycles. The molecule has 0 bridgehead atoms. The van der Waals surface area contributed by atoms with Gasteiger partial charge in [-0.3, -0.25) is 4.79 Å². The van der Waals surface area contributed by atoms with E-state index in [4.69, 9.17) is 0 Å². The summed E-state index contributed by atoms with van der Waals surface area (Å²) in [7, 11) is 0. The predicted octanol–water partition coefficient (Wildman–Crippen LogP) is 2.73. The molecule has 0 aliphatic rings. The minimum absolute atomic E-state index is 0.0288. The number of nitrogens with one attached hydrogen (secondary N) is 1. The van der Waals surface area contributed by atoms with E-state index >= 15 is 0 Å². The minimum atomic E-state index is 0.0288. The maximum atomic E-state index is 11.4. The molecule has 0 spiro atoms. The van der Waals surface area contributed by atoms with Gasteiger partial charge in [-0.2, -0.15) is 0 Å². The summed E-state index contributed by atoms with van der Waals surface area (Å²) in [6.45, 7) is 3.37. The Morgan fingerprint density at radius 2 is 1.82 bits per heavy atom. The van der Waals surface area contributed by atoms with Crippen molar-refractivity contribution in [3.63, 3.8) is 0 Å². The summed E-state index contributed by atoms with van der Waals surface area (Å²) in [6, 6.07) is 7.37. The highest BCUT2D eigenvalue weighted by atomic mass is 16.1. The minimum Gasteiger partial charge on any atom is -0.352 e. The smallest absolute Gasteiger partial charge is 0.161 e. The molecule has 0 aliphatic heterocycles. The molecule has 1 aromatic heterocycles. The van der Waals surface area contributed by atoms with Crippen LogP contribution in [0.2, 0.25) is 0 Å². The molecule has 0 atom stereocenters. The molecular formula is C13H13N3O. The van der Waals surface area contributed by atoms with Crippen LogP contribution in [0.25, 0.3) is 0 Å². The van der Waals surface area contributed by atoms with Gasteiger partial charge in [-0.1, -0.05) is 12.1 Å². The highest BCUT2D eigenvalue weighted by Crippen LogP contribution is 2.20. The van der Waals surface area contributed by atoms with Crippen LogP contribution in [-0.4, -0.2) is 15.8 Å². The molecule has 2 rings (SSSR count). The standard InChI is InChI=1S/C13H13N3O/c1-9(17)12-5-3-4-6-13(12)16-11-7-14-10(2)15-8-11/h3-8,16H,1-2H3. The van der Waals surface area contributed by atoms with Crippen LogP contribution in [0.3, 0.4) is 0 Å². The van der Waals surface area contributed by atoms with Crippen LogP contribution in [0, 0.1) is 6.92 Å². The zero-order chi connectivity index (χ0) is 12.3. The Hall–Kier alpha value is -2.23. The van der Waals surface area contributed by atoms with E-state index in [1.54, 1.807) is 25.4 Å². The molecule has 0 unspecified atom stereocenters. The number of aryl methyl sites for hydroxylation is 1. The number of carbonyl (C=O) groups is 1. The molecule has 4 nitrogen and oxygen atoms in total. The van der Waals surface area contributed by atoms with E-state index in [-0.39, 0.29) is 5.78 Å². The molecule has 0 saturated carbocycles. The molecule has 1 aromatic carbocycles. The van der Waals surface area contributed by atoms with Gasteiger partial charge in [0, 0.05) is 11.3 Å². The SMILES string of the molecule is CC(=O)c1ccccc1Nc1cnc(C)nc1. The third-order valence-corrected chi connectivity index (χ3v) is 2.37. The Labute approximate surface area is 99.7 Å². The number of ketones is 1. The summed E-state index contributed by atoms with van der Waals surface area (Å²) in [5.74, 6) is 0.747. The van der Waals surface area contributed by atoms with Gasteiger partial charge in [-0.15, -0.1) is 0 Å². The van der Waals surface area contributed by atoms with Gasteiger partial charge in [-0.05, 0) is 26.0 Å². The number of para-hydroxylation sites is 1. The van der Waals surface area contributed by atoms with E-state index in [1.165, 1.54) is 0 Å².